The largest absolute Gasteiger partial charge is 0.353 e. The molecule has 100 valence electrons. The number of rotatable bonds is 3. The van der Waals surface area contributed by atoms with E-state index in [1.807, 2.05) is 0 Å². The summed E-state index contributed by atoms with van der Waals surface area (Å²) in [5.41, 5.74) is 0.127. The lowest BCUT2D eigenvalue weighted by atomic mass is 9.92. The van der Waals surface area contributed by atoms with Crippen LogP contribution in [0.3, 0.4) is 0 Å². The Morgan fingerprint density at radius 1 is 1.39 bits per heavy atom. The first-order valence-electron chi connectivity index (χ1n) is 6.27. The first-order chi connectivity index (χ1) is 8.44. The molecule has 0 radical (unpaired) electrons. The summed E-state index contributed by atoms with van der Waals surface area (Å²) in [7, 11) is 0. The van der Waals surface area contributed by atoms with Gasteiger partial charge in [-0.1, -0.05) is 25.9 Å². The molecule has 1 fully saturated rings. The Bertz CT molecular complexity index is 422. The molecular weight excluding hydrogens is 232 g/mol. The summed E-state index contributed by atoms with van der Waals surface area (Å²) in [6.07, 6.45) is 1.21. The predicted octanol–water partition coefficient (Wildman–Crippen LogP) is 0.289. The number of carbonyl (C=O) groups excluding carboxylic acids is 1. The second-order valence-electron chi connectivity index (χ2n) is 5.84. The Morgan fingerprint density at radius 3 is 2.83 bits per heavy atom. The molecule has 6 nitrogen and oxygen atoms in total. The summed E-state index contributed by atoms with van der Waals surface area (Å²) >= 11 is 0. The van der Waals surface area contributed by atoms with Crippen molar-refractivity contribution >= 4 is 5.91 Å². The SMILES string of the molecule is CC(C)(C)Cc1noc(CC2NCCNC2=O)n1. The van der Waals surface area contributed by atoms with Crippen LogP contribution in [0.2, 0.25) is 0 Å². The number of carbonyl (C=O) groups is 1. The molecule has 1 aromatic heterocycles. The van der Waals surface area contributed by atoms with Gasteiger partial charge in [0.2, 0.25) is 11.8 Å². The van der Waals surface area contributed by atoms with Gasteiger partial charge in [-0.3, -0.25) is 4.79 Å². The van der Waals surface area contributed by atoms with Crippen LogP contribution in [0.4, 0.5) is 0 Å². The van der Waals surface area contributed by atoms with Crippen molar-refractivity contribution in [2.75, 3.05) is 13.1 Å². The number of nitrogens with zero attached hydrogens (tertiary/aromatic N) is 2. The number of aromatic nitrogens is 2. The normalized spacial score (nSPS) is 20.8. The highest BCUT2D eigenvalue weighted by Gasteiger charge is 2.24. The van der Waals surface area contributed by atoms with Gasteiger partial charge in [-0.15, -0.1) is 0 Å². The van der Waals surface area contributed by atoms with E-state index in [0.717, 1.165) is 13.0 Å². The van der Waals surface area contributed by atoms with Crippen LogP contribution in [0, 0.1) is 5.41 Å². The molecule has 2 N–H and O–H groups in total. The molecule has 1 aliphatic heterocycles. The van der Waals surface area contributed by atoms with Gasteiger partial charge in [-0.25, -0.2) is 0 Å². The highest BCUT2D eigenvalue weighted by atomic mass is 16.5. The van der Waals surface area contributed by atoms with Gasteiger partial charge in [0.15, 0.2) is 5.82 Å². The van der Waals surface area contributed by atoms with Crippen molar-refractivity contribution in [1.82, 2.24) is 20.8 Å². The van der Waals surface area contributed by atoms with Crippen molar-refractivity contribution < 1.29 is 9.32 Å². The van der Waals surface area contributed by atoms with Crippen LogP contribution in [-0.2, 0) is 17.6 Å². The molecule has 1 atom stereocenters. The Kier molecular flexibility index (Phi) is 3.65. The molecule has 1 amide bonds. The number of hydrogen-bond donors (Lipinski definition) is 2. The van der Waals surface area contributed by atoms with E-state index in [-0.39, 0.29) is 17.4 Å². The molecule has 0 aliphatic carbocycles. The summed E-state index contributed by atoms with van der Waals surface area (Å²) in [6.45, 7) is 7.82. The maximum absolute atomic E-state index is 11.6. The topological polar surface area (TPSA) is 80.0 Å². The minimum atomic E-state index is -0.262. The summed E-state index contributed by atoms with van der Waals surface area (Å²) < 4.78 is 5.18. The average Bonchev–Trinajstić information content (AvgIpc) is 2.66. The fourth-order valence-electron chi connectivity index (χ4n) is 1.91. The van der Waals surface area contributed by atoms with Crippen LogP contribution < -0.4 is 10.6 Å². The third-order valence-electron chi connectivity index (χ3n) is 2.71. The molecule has 1 saturated heterocycles. The summed E-state index contributed by atoms with van der Waals surface area (Å²) in [5.74, 6) is 1.22. The predicted molar refractivity (Wildman–Crippen MR) is 66.0 cm³/mol. The van der Waals surface area contributed by atoms with Crippen LogP contribution >= 0.6 is 0 Å². The zero-order valence-electron chi connectivity index (χ0n) is 11.1. The summed E-state index contributed by atoms with van der Waals surface area (Å²) in [6, 6.07) is -0.262. The van der Waals surface area contributed by atoms with Gasteiger partial charge in [-0.2, -0.15) is 4.98 Å². The van der Waals surface area contributed by atoms with Gasteiger partial charge in [0.25, 0.3) is 0 Å². The van der Waals surface area contributed by atoms with Gasteiger partial charge in [-0.05, 0) is 5.41 Å². The third-order valence-corrected chi connectivity index (χ3v) is 2.71. The van der Waals surface area contributed by atoms with Crippen LogP contribution in [0.1, 0.15) is 32.5 Å². The molecule has 6 heteroatoms. The maximum Gasteiger partial charge on any atom is 0.237 e. The van der Waals surface area contributed by atoms with E-state index in [2.05, 4.69) is 41.5 Å². The highest BCUT2D eigenvalue weighted by Crippen LogP contribution is 2.18. The monoisotopic (exact) mass is 252 g/mol. The van der Waals surface area contributed by atoms with Crippen LogP contribution in [-0.4, -0.2) is 35.2 Å². The first-order valence-corrected chi connectivity index (χ1v) is 6.27. The Hall–Kier alpha value is -1.43. The first kappa shape index (κ1) is 13.0. The minimum absolute atomic E-state index is 0.00294. The molecule has 2 heterocycles. The van der Waals surface area contributed by atoms with E-state index in [1.165, 1.54) is 0 Å². The smallest absolute Gasteiger partial charge is 0.237 e. The molecule has 0 spiro atoms. The number of amides is 1. The zero-order chi connectivity index (χ0) is 13.2. The molecule has 0 bridgehead atoms. The zero-order valence-corrected chi connectivity index (χ0v) is 11.1. The lowest BCUT2D eigenvalue weighted by Crippen LogP contribution is -2.53. The number of piperazine rings is 1. The molecule has 1 aliphatic rings. The van der Waals surface area contributed by atoms with Gasteiger partial charge in [0.1, 0.15) is 0 Å². The van der Waals surface area contributed by atoms with Crippen LogP contribution in [0.5, 0.6) is 0 Å². The summed E-state index contributed by atoms with van der Waals surface area (Å²) in [5, 5.41) is 9.89. The second-order valence-corrected chi connectivity index (χ2v) is 5.84. The van der Waals surface area contributed by atoms with Crippen molar-refractivity contribution in [2.45, 2.75) is 39.7 Å². The third kappa shape index (κ3) is 3.53. The van der Waals surface area contributed by atoms with Crippen molar-refractivity contribution in [2.24, 2.45) is 5.41 Å². The molecule has 0 saturated carbocycles. The average molecular weight is 252 g/mol. The number of hydrogen-bond acceptors (Lipinski definition) is 5. The van der Waals surface area contributed by atoms with E-state index in [0.29, 0.717) is 24.7 Å². The van der Waals surface area contributed by atoms with Crippen LogP contribution in [0.25, 0.3) is 0 Å². The summed E-state index contributed by atoms with van der Waals surface area (Å²) in [4.78, 5) is 15.9. The maximum atomic E-state index is 11.6. The standard InChI is InChI=1S/C12H20N4O2/c1-12(2,3)7-9-15-10(18-16-9)6-8-11(17)14-5-4-13-8/h8,13H,4-7H2,1-3H3,(H,14,17). The lowest BCUT2D eigenvalue weighted by molar-refractivity contribution is -0.124. The van der Waals surface area contributed by atoms with E-state index in [9.17, 15) is 4.79 Å². The number of nitrogens with one attached hydrogen (secondary N) is 2. The lowest BCUT2D eigenvalue weighted by Gasteiger charge is -2.21. The highest BCUT2D eigenvalue weighted by molar-refractivity contribution is 5.82. The fourth-order valence-corrected chi connectivity index (χ4v) is 1.91. The molecule has 1 unspecified atom stereocenters. The van der Waals surface area contributed by atoms with Crippen LogP contribution in [0.15, 0.2) is 4.52 Å². The van der Waals surface area contributed by atoms with E-state index >= 15 is 0 Å². The van der Waals surface area contributed by atoms with E-state index in [4.69, 9.17) is 4.52 Å². The van der Waals surface area contributed by atoms with Crippen molar-refractivity contribution in [3.63, 3.8) is 0 Å². The molecule has 0 aromatic carbocycles. The van der Waals surface area contributed by atoms with Gasteiger partial charge in [0.05, 0.1) is 12.5 Å². The van der Waals surface area contributed by atoms with Gasteiger partial charge < -0.3 is 15.2 Å². The quantitative estimate of drug-likeness (QED) is 0.808. The van der Waals surface area contributed by atoms with E-state index in [1.54, 1.807) is 0 Å². The Labute approximate surface area is 107 Å². The Balaban J connectivity index is 1.96. The molecule has 18 heavy (non-hydrogen) atoms. The minimum Gasteiger partial charge on any atom is -0.353 e. The fraction of sp³-hybridized carbons (Fsp3) is 0.750. The Morgan fingerprint density at radius 2 is 2.17 bits per heavy atom. The molecule has 2 rings (SSSR count). The second kappa shape index (κ2) is 5.06. The van der Waals surface area contributed by atoms with Crippen molar-refractivity contribution in [3.05, 3.63) is 11.7 Å². The van der Waals surface area contributed by atoms with E-state index < -0.39 is 0 Å². The van der Waals surface area contributed by atoms with Gasteiger partial charge in [0, 0.05) is 19.5 Å². The van der Waals surface area contributed by atoms with Crippen molar-refractivity contribution in [1.29, 1.82) is 0 Å². The molecular formula is C12H20N4O2. The van der Waals surface area contributed by atoms with Gasteiger partial charge >= 0.3 is 0 Å². The van der Waals surface area contributed by atoms with Crippen molar-refractivity contribution in [3.8, 4) is 0 Å². The molecule has 1 aromatic rings.